The van der Waals surface area contributed by atoms with Crippen molar-refractivity contribution in [1.29, 1.82) is 0 Å². The molecule has 0 radical (unpaired) electrons. The van der Waals surface area contributed by atoms with Crippen LogP contribution in [0.25, 0.3) is 0 Å². The van der Waals surface area contributed by atoms with Gasteiger partial charge in [-0.1, -0.05) is 0 Å². The Kier molecular flexibility index (Phi) is 6.01. The van der Waals surface area contributed by atoms with Crippen LogP contribution in [-0.2, 0) is 6.54 Å². The Morgan fingerprint density at radius 1 is 1.19 bits per heavy atom. The van der Waals surface area contributed by atoms with Crippen LogP contribution < -0.4 is 19.5 Å². The van der Waals surface area contributed by atoms with Crippen molar-refractivity contribution in [2.45, 2.75) is 12.6 Å². The van der Waals surface area contributed by atoms with Crippen molar-refractivity contribution in [3.63, 3.8) is 0 Å². The summed E-state index contributed by atoms with van der Waals surface area (Å²) in [5.41, 5.74) is 1.90. The van der Waals surface area contributed by atoms with E-state index in [1.54, 1.807) is 21.3 Å². The van der Waals surface area contributed by atoms with Gasteiger partial charge in [0, 0.05) is 37.4 Å². The van der Waals surface area contributed by atoms with Gasteiger partial charge in [-0.15, -0.1) is 11.6 Å². The third kappa shape index (κ3) is 3.64. The van der Waals surface area contributed by atoms with E-state index in [1.165, 1.54) is 0 Å². The van der Waals surface area contributed by atoms with Crippen molar-refractivity contribution in [2.75, 3.05) is 40.3 Å². The van der Waals surface area contributed by atoms with Gasteiger partial charge >= 0.3 is 6.03 Å². The maximum Gasteiger partial charge on any atom is 0.318 e. The molecule has 1 aromatic carbocycles. The van der Waals surface area contributed by atoms with E-state index in [0.717, 1.165) is 17.8 Å². The number of urea groups is 1. The predicted octanol–water partition coefficient (Wildman–Crippen LogP) is 2.87. The monoisotopic (exact) mass is 393 g/mol. The molecule has 0 spiro atoms. The number of aromatic nitrogens is 1. The Balaban J connectivity index is 2.08. The average molecular weight is 394 g/mol. The van der Waals surface area contributed by atoms with E-state index in [-0.39, 0.29) is 12.1 Å². The van der Waals surface area contributed by atoms with Gasteiger partial charge in [-0.3, -0.25) is 0 Å². The Hall–Kier alpha value is -2.54. The summed E-state index contributed by atoms with van der Waals surface area (Å²) in [6, 6.07) is 7.35. The predicted molar refractivity (Wildman–Crippen MR) is 103 cm³/mol. The number of amides is 2. The number of nitrogens with zero attached hydrogens (tertiary/aromatic N) is 2. The minimum atomic E-state index is -0.280. The van der Waals surface area contributed by atoms with Crippen molar-refractivity contribution in [2.24, 2.45) is 0 Å². The zero-order valence-corrected chi connectivity index (χ0v) is 16.5. The molecule has 0 bridgehead atoms. The van der Waals surface area contributed by atoms with Crippen LogP contribution in [-0.4, -0.2) is 55.8 Å². The van der Waals surface area contributed by atoms with Crippen molar-refractivity contribution < 1.29 is 19.0 Å². The zero-order chi connectivity index (χ0) is 19.4. The van der Waals surface area contributed by atoms with E-state index in [1.807, 2.05) is 35.4 Å². The average Bonchev–Trinajstić information content (AvgIpc) is 3.18. The fraction of sp³-hybridized carbons (Fsp3) is 0.421. The second-order valence-electron chi connectivity index (χ2n) is 6.10. The highest BCUT2D eigenvalue weighted by Crippen LogP contribution is 2.43. The van der Waals surface area contributed by atoms with Crippen LogP contribution in [0.15, 0.2) is 30.5 Å². The first kappa shape index (κ1) is 19.2. The molecule has 7 nitrogen and oxygen atoms in total. The highest BCUT2D eigenvalue weighted by molar-refractivity contribution is 6.18. The van der Waals surface area contributed by atoms with Gasteiger partial charge in [0.15, 0.2) is 11.5 Å². The van der Waals surface area contributed by atoms with Gasteiger partial charge in [-0.2, -0.15) is 0 Å². The Bertz CT molecular complexity index is 783. The molecule has 0 saturated carbocycles. The fourth-order valence-corrected chi connectivity index (χ4v) is 3.56. The molecule has 0 aliphatic carbocycles. The number of nitrogens with one attached hydrogen (secondary N) is 1. The Morgan fingerprint density at radius 3 is 2.48 bits per heavy atom. The molecule has 2 aromatic rings. The quantitative estimate of drug-likeness (QED) is 0.766. The first-order valence-electron chi connectivity index (χ1n) is 8.70. The number of alkyl halides is 1. The summed E-state index contributed by atoms with van der Waals surface area (Å²) < 4.78 is 18.6. The number of hydrogen-bond donors (Lipinski definition) is 1. The summed E-state index contributed by atoms with van der Waals surface area (Å²) in [5, 5.41) is 2.86. The number of halogens is 1. The number of methoxy groups -OCH3 is 3. The zero-order valence-electron chi connectivity index (χ0n) is 15.7. The molecule has 0 fully saturated rings. The van der Waals surface area contributed by atoms with Crippen LogP contribution in [0.4, 0.5) is 4.79 Å². The molecule has 1 aromatic heterocycles. The number of fused-ring (bicyclic) bond motifs is 1. The molecular weight excluding hydrogens is 370 g/mol. The summed E-state index contributed by atoms with van der Waals surface area (Å²) in [6.45, 7) is 1.73. The fourth-order valence-electron chi connectivity index (χ4n) is 3.47. The van der Waals surface area contributed by atoms with E-state index in [0.29, 0.717) is 36.2 Å². The summed E-state index contributed by atoms with van der Waals surface area (Å²) in [7, 11) is 4.73. The van der Waals surface area contributed by atoms with Gasteiger partial charge < -0.3 is 29.0 Å². The largest absolute Gasteiger partial charge is 0.493 e. The van der Waals surface area contributed by atoms with Gasteiger partial charge in [-0.25, -0.2) is 4.79 Å². The first-order chi connectivity index (χ1) is 13.1. The minimum Gasteiger partial charge on any atom is -0.493 e. The van der Waals surface area contributed by atoms with Crippen LogP contribution in [0.5, 0.6) is 17.2 Å². The van der Waals surface area contributed by atoms with Crippen LogP contribution in [0.3, 0.4) is 0 Å². The molecule has 1 aliphatic heterocycles. The van der Waals surface area contributed by atoms with E-state index >= 15 is 0 Å². The van der Waals surface area contributed by atoms with Gasteiger partial charge in [-0.05, 0) is 29.8 Å². The molecule has 1 N–H and O–H groups in total. The van der Waals surface area contributed by atoms with Crippen molar-refractivity contribution in [3.05, 3.63) is 41.7 Å². The molecule has 0 saturated heterocycles. The molecule has 27 heavy (non-hydrogen) atoms. The normalized spacial score (nSPS) is 15.9. The molecule has 8 heteroatoms. The molecule has 146 valence electrons. The van der Waals surface area contributed by atoms with E-state index < -0.39 is 0 Å². The highest BCUT2D eigenvalue weighted by atomic mass is 35.5. The van der Waals surface area contributed by atoms with E-state index in [4.69, 9.17) is 25.8 Å². The van der Waals surface area contributed by atoms with E-state index in [9.17, 15) is 4.79 Å². The summed E-state index contributed by atoms with van der Waals surface area (Å²) in [5.74, 6) is 1.99. The van der Waals surface area contributed by atoms with Gasteiger partial charge in [0.05, 0.1) is 27.4 Å². The van der Waals surface area contributed by atoms with Crippen molar-refractivity contribution in [3.8, 4) is 17.2 Å². The first-order valence-corrected chi connectivity index (χ1v) is 9.23. The number of ether oxygens (including phenoxy) is 3. The third-order valence-corrected chi connectivity index (χ3v) is 4.86. The number of carbonyl (C=O) groups excluding carboxylic acids is 1. The van der Waals surface area contributed by atoms with Gasteiger partial charge in [0.2, 0.25) is 5.75 Å². The number of rotatable bonds is 6. The maximum atomic E-state index is 12.8. The summed E-state index contributed by atoms with van der Waals surface area (Å²) >= 11 is 5.73. The second-order valence-corrected chi connectivity index (χ2v) is 6.48. The van der Waals surface area contributed by atoms with Crippen LogP contribution in [0.2, 0.25) is 0 Å². The molecule has 3 rings (SSSR count). The van der Waals surface area contributed by atoms with Crippen molar-refractivity contribution >= 4 is 17.6 Å². The smallest absolute Gasteiger partial charge is 0.318 e. The van der Waals surface area contributed by atoms with Crippen LogP contribution in [0, 0.1) is 0 Å². The molecular formula is C19H24ClN3O4. The summed E-state index contributed by atoms with van der Waals surface area (Å²) in [4.78, 5) is 14.6. The molecule has 2 amide bonds. The number of carbonyl (C=O) groups is 1. The maximum absolute atomic E-state index is 12.8. The lowest BCUT2D eigenvalue weighted by atomic mass is 9.99. The number of benzene rings is 1. The third-order valence-electron chi connectivity index (χ3n) is 4.67. The second kappa shape index (κ2) is 8.43. The van der Waals surface area contributed by atoms with Crippen LogP contribution >= 0.6 is 11.6 Å². The minimum absolute atomic E-state index is 0.151. The highest BCUT2D eigenvalue weighted by Gasteiger charge is 2.33. The standard InChI is InChI=1S/C19H24ClN3O4/c1-25-15-11-13(12-16(26-2)18(15)27-3)17-14-5-4-8-22(14)9-10-23(17)19(24)21-7-6-20/h4-5,8,11-12,17H,6-7,9-10H2,1-3H3,(H,21,24)/t17-/m1/s1. The Morgan fingerprint density at radius 2 is 1.89 bits per heavy atom. The van der Waals surface area contributed by atoms with Crippen LogP contribution in [0.1, 0.15) is 17.3 Å². The van der Waals surface area contributed by atoms with E-state index in [2.05, 4.69) is 9.88 Å². The SMILES string of the molecule is COc1cc([C@@H]2c3cccn3CCN2C(=O)NCCCl)cc(OC)c1OC. The lowest BCUT2D eigenvalue weighted by Gasteiger charge is -2.37. The van der Waals surface area contributed by atoms with Gasteiger partial charge in [0.25, 0.3) is 0 Å². The number of hydrogen-bond acceptors (Lipinski definition) is 4. The molecule has 2 heterocycles. The molecule has 1 aliphatic rings. The summed E-state index contributed by atoms with van der Waals surface area (Å²) in [6.07, 6.45) is 2.02. The lowest BCUT2D eigenvalue weighted by molar-refractivity contribution is 0.169. The Labute approximate surface area is 163 Å². The van der Waals surface area contributed by atoms with Crippen molar-refractivity contribution in [1.82, 2.24) is 14.8 Å². The van der Waals surface area contributed by atoms with Gasteiger partial charge in [0.1, 0.15) is 0 Å². The molecule has 0 unspecified atom stereocenters. The lowest BCUT2D eigenvalue weighted by Crippen LogP contribution is -2.47. The topological polar surface area (TPSA) is 65.0 Å². The molecule has 1 atom stereocenters.